The highest BCUT2D eigenvalue weighted by atomic mass is 19.4. The molecule has 4 heterocycles. The first-order valence-corrected chi connectivity index (χ1v) is 8.89. The van der Waals surface area contributed by atoms with Crippen LogP contribution in [-0.2, 0) is 12.7 Å². The van der Waals surface area contributed by atoms with Crippen LogP contribution < -0.4 is 5.32 Å². The number of hydrogen-bond donors (Lipinski definition) is 2. The van der Waals surface area contributed by atoms with E-state index < -0.39 is 23.7 Å². The number of fused-ring (bicyclic) bond motifs is 1. The van der Waals surface area contributed by atoms with Gasteiger partial charge in [-0.1, -0.05) is 6.07 Å². The normalized spacial score (nSPS) is 17.7. The SMILES string of the molecule is O=C(Nc1nccc(C(F)(F)F)n1)c1nc(CN2CCC(O)C2)c2ccccn12. The number of hydrogen-bond acceptors (Lipinski definition) is 6. The quantitative estimate of drug-likeness (QED) is 0.688. The summed E-state index contributed by atoms with van der Waals surface area (Å²) in [5.74, 6) is -1.17. The molecule has 3 aromatic heterocycles. The van der Waals surface area contributed by atoms with Gasteiger partial charge in [0.15, 0.2) is 0 Å². The summed E-state index contributed by atoms with van der Waals surface area (Å²) in [5.41, 5.74) is 0.183. The first-order chi connectivity index (χ1) is 13.8. The van der Waals surface area contributed by atoms with E-state index in [0.29, 0.717) is 37.3 Å². The Labute approximate surface area is 163 Å². The summed E-state index contributed by atoms with van der Waals surface area (Å²) < 4.78 is 40.0. The van der Waals surface area contributed by atoms with Gasteiger partial charge in [-0.3, -0.25) is 19.4 Å². The van der Waals surface area contributed by atoms with Gasteiger partial charge >= 0.3 is 6.18 Å². The lowest BCUT2D eigenvalue weighted by molar-refractivity contribution is -0.141. The summed E-state index contributed by atoms with van der Waals surface area (Å²) in [6.07, 6.45) is -1.78. The Hall–Kier alpha value is -3.05. The number of β-amino-alcohol motifs (C(OH)–C–C–N with tert-alkyl or cyclic N) is 1. The molecule has 0 bridgehead atoms. The van der Waals surface area contributed by atoms with E-state index >= 15 is 0 Å². The minimum Gasteiger partial charge on any atom is -0.392 e. The van der Waals surface area contributed by atoms with Gasteiger partial charge < -0.3 is 5.11 Å². The van der Waals surface area contributed by atoms with E-state index in [0.717, 1.165) is 12.3 Å². The van der Waals surface area contributed by atoms with Gasteiger partial charge in [-0.25, -0.2) is 15.0 Å². The van der Waals surface area contributed by atoms with Crippen LogP contribution in [0.1, 0.15) is 28.4 Å². The average Bonchev–Trinajstić information content (AvgIpc) is 3.25. The van der Waals surface area contributed by atoms with Gasteiger partial charge in [0.25, 0.3) is 5.91 Å². The second-order valence-corrected chi connectivity index (χ2v) is 6.73. The first kappa shape index (κ1) is 19.3. The molecule has 2 N–H and O–H groups in total. The summed E-state index contributed by atoms with van der Waals surface area (Å²) in [5, 5.41) is 12.0. The van der Waals surface area contributed by atoms with E-state index in [-0.39, 0.29) is 11.9 Å². The minimum atomic E-state index is -4.64. The third kappa shape index (κ3) is 4.05. The molecule has 0 saturated carbocycles. The Bertz CT molecular complexity index is 1050. The van der Waals surface area contributed by atoms with E-state index in [2.05, 4.69) is 20.3 Å². The van der Waals surface area contributed by atoms with Crippen LogP contribution in [-0.4, -0.2) is 54.5 Å². The molecule has 1 saturated heterocycles. The first-order valence-electron chi connectivity index (χ1n) is 8.89. The topological polar surface area (TPSA) is 95.7 Å². The molecule has 4 rings (SSSR count). The number of pyridine rings is 1. The van der Waals surface area contributed by atoms with Crippen LogP contribution >= 0.6 is 0 Å². The fraction of sp³-hybridized carbons (Fsp3) is 0.333. The van der Waals surface area contributed by atoms with Crippen molar-refractivity contribution in [1.29, 1.82) is 0 Å². The fourth-order valence-corrected chi connectivity index (χ4v) is 3.28. The number of aromatic nitrogens is 4. The van der Waals surface area contributed by atoms with Gasteiger partial charge in [0.1, 0.15) is 5.69 Å². The molecule has 0 spiro atoms. The number of rotatable bonds is 4. The van der Waals surface area contributed by atoms with Crippen molar-refractivity contribution in [2.24, 2.45) is 0 Å². The van der Waals surface area contributed by atoms with E-state index in [1.165, 1.54) is 0 Å². The molecule has 11 heteroatoms. The number of anilines is 1. The summed E-state index contributed by atoms with van der Waals surface area (Å²) in [7, 11) is 0. The van der Waals surface area contributed by atoms with Crippen LogP contribution in [0.25, 0.3) is 5.52 Å². The van der Waals surface area contributed by atoms with E-state index in [1.54, 1.807) is 28.8 Å². The summed E-state index contributed by atoms with van der Waals surface area (Å²) in [6, 6.07) is 6.04. The Morgan fingerprint density at radius 3 is 2.83 bits per heavy atom. The van der Waals surface area contributed by atoms with Crippen molar-refractivity contribution in [1.82, 2.24) is 24.3 Å². The van der Waals surface area contributed by atoms with Crippen molar-refractivity contribution in [3.63, 3.8) is 0 Å². The van der Waals surface area contributed by atoms with Crippen LogP contribution in [0.4, 0.5) is 19.1 Å². The van der Waals surface area contributed by atoms with Crippen LogP contribution in [0.15, 0.2) is 36.7 Å². The molecule has 3 aromatic rings. The molecule has 1 aliphatic rings. The smallest absolute Gasteiger partial charge is 0.392 e. The van der Waals surface area contributed by atoms with E-state index in [4.69, 9.17) is 0 Å². The number of amides is 1. The average molecular weight is 406 g/mol. The molecule has 0 aromatic carbocycles. The predicted octanol–water partition coefficient (Wildman–Crippen LogP) is 1.96. The Balaban J connectivity index is 1.61. The number of imidazole rings is 1. The van der Waals surface area contributed by atoms with Crippen molar-refractivity contribution >= 4 is 17.4 Å². The third-order valence-corrected chi connectivity index (χ3v) is 4.62. The van der Waals surface area contributed by atoms with Crippen molar-refractivity contribution in [2.45, 2.75) is 25.2 Å². The maximum atomic E-state index is 12.8. The lowest BCUT2D eigenvalue weighted by Gasteiger charge is -2.12. The van der Waals surface area contributed by atoms with E-state index in [1.807, 2.05) is 4.90 Å². The molecule has 1 unspecified atom stereocenters. The van der Waals surface area contributed by atoms with Crippen molar-refractivity contribution in [3.8, 4) is 0 Å². The number of aliphatic hydroxyl groups excluding tert-OH is 1. The highest BCUT2D eigenvalue weighted by Crippen LogP contribution is 2.27. The molecule has 0 radical (unpaired) electrons. The molecule has 0 aliphatic carbocycles. The number of carbonyl (C=O) groups excluding carboxylic acids is 1. The number of alkyl halides is 3. The zero-order valence-corrected chi connectivity index (χ0v) is 15.1. The minimum absolute atomic E-state index is 0.0105. The third-order valence-electron chi connectivity index (χ3n) is 4.62. The van der Waals surface area contributed by atoms with E-state index in [9.17, 15) is 23.1 Å². The Kier molecular flexibility index (Phi) is 4.92. The highest BCUT2D eigenvalue weighted by molar-refractivity contribution is 6.01. The largest absolute Gasteiger partial charge is 0.433 e. The lowest BCUT2D eigenvalue weighted by Crippen LogP contribution is -2.22. The predicted molar refractivity (Wildman–Crippen MR) is 96.1 cm³/mol. The number of likely N-dealkylation sites (tertiary alicyclic amines) is 1. The van der Waals surface area contributed by atoms with Crippen LogP contribution in [0.3, 0.4) is 0 Å². The molecule has 1 amide bonds. The zero-order valence-electron chi connectivity index (χ0n) is 15.1. The zero-order chi connectivity index (χ0) is 20.6. The maximum absolute atomic E-state index is 12.8. The number of aliphatic hydroxyl groups is 1. The second-order valence-electron chi connectivity index (χ2n) is 6.73. The highest BCUT2D eigenvalue weighted by Gasteiger charge is 2.33. The van der Waals surface area contributed by atoms with Crippen molar-refractivity contribution < 1.29 is 23.1 Å². The Morgan fingerprint density at radius 2 is 2.10 bits per heavy atom. The van der Waals surface area contributed by atoms with Gasteiger partial charge in [-0.05, 0) is 24.6 Å². The Morgan fingerprint density at radius 1 is 1.28 bits per heavy atom. The van der Waals surface area contributed by atoms with Crippen LogP contribution in [0.2, 0.25) is 0 Å². The van der Waals surface area contributed by atoms with Crippen LogP contribution in [0, 0.1) is 0 Å². The van der Waals surface area contributed by atoms with Gasteiger partial charge in [-0.15, -0.1) is 0 Å². The number of carbonyl (C=O) groups is 1. The molecule has 1 fully saturated rings. The molecule has 8 nitrogen and oxygen atoms in total. The molecule has 29 heavy (non-hydrogen) atoms. The molecule has 1 aliphatic heterocycles. The molecular weight excluding hydrogens is 389 g/mol. The monoisotopic (exact) mass is 406 g/mol. The summed E-state index contributed by atoms with van der Waals surface area (Å²) in [6.45, 7) is 1.68. The van der Waals surface area contributed by atoms with Gasteiger partial charge in [0.05, 0.1) is 17.3 Å². The van der Waals surface area contributed by atoms with Crippen molar-refractivity contribution in [3.05, 3.63) is 53.9 Å². The number of halogens is 3. The fourth-order valence-electron chi connectivity index (χ4n) is 3.28. The summed E-state index contributed by atoms with van der Waals surface area (Å²) in [4.78, 5) is 26.1. The summed E-state index contributed by atoms with van der Waals surface area (Å²) >= 11 is 0. The second kappa shape index (κ2) is 7.41. The lowest BCUT2D eigenvalue weighted by atomic mass is 10.3. The molecular formula is C18H17F3N6O2. The van der Waals surface area contributed by atoms with Crippen molar-refractivity contribution in [2.75, 3.05) is 18.4 Å². The van der Waals surface area contributed by atoms with Crippen LogP contribution in [0.5, 0.6) is 0 Å². The van der Waals surface area contributed by atoms with Gasteiger partial charge in [0, 0.05) is 32.0 Å². The van der Waals surface area contributed by atoms with Gasteiger partial charge in [-0.2, -0.15) is 13.2 Å². The number of nitrogens with one attached hydrogen (secondary N) is 1. The van der Waals surface area contributed by atoms with Gasteiger partial charge in [0.2, 0.25) is 11.8 Å². The number of nitrogens with zero attached hydrogens (tertiary/aromatic N) is 5. The molecule has 1 atom stereocenters. The maximum Gasteiger partial charge on any atom is 0.433 e. The molecule has 152 valence electrons. The standard InChI is InChI=1S/C18H17F3N6O2/c19-18(20,21)14-4-6-22-17(24-14)25-16(29)15-23-12(10-26-8-5-11(28)9-26)13-3-1-2-7-27(13)15/h1-4,6-7,11,28H,5,8-10H2,(H,22,24,25,29).